The van der Waals surface area contributed by atoms with Gasteiger partial charge in [0.1, 0.15) is 11.8 Å². The molecule has 27 heavy (non-hydrogen) atoms. The third-order valence-corrected chi connectivity index (χ3v) is 3.29. The molecule has 0 aliphatic heterocycles. The second-order valence-electron chi connectivity index (χ2n) is 5.16. The number of hydrogen-bond acceptors (Lipinski definition) is 5. The zero-order chi connectivity index (χ0) is 19.6. The molecule has 0 atom stereocenters. The Labute approximate surface area is 155 Å². The molecule has 2 aromatic rings. The number of amides is 2. The lowest BCUT2D eigenvalue weighted by atomic mass is 10.2. The number of methoxy groups -OCH3 is 1. The van der Waals surface area contributed by atoms with E-state index >= 15 is 0 Å². The second kappa shape index (κ2) is 9.58. The maximum Gasteiger partial charge on any atom is 0.276 e. The molecule has 2 amide bonds. The number of nitrogens with one attached hydrogen (secondary N) is 2. The quantitative estimate of drug-likeness (QED) is 0.599. The number of para-hydroxylation sites is 1. The monoisotopic (exact) mass is 369 g/mol. The van der Waals surface area contributed by atoms with E-state index in [4.69, 9.17) is 14.7 Å². The molecule has 0 radical (unpaired) electrons. The van der Waals surface area contributed by atoms with Gasteiger partial charge in [-0.15, -0.1) is 0 Å². The van der Waals surface area contributed by atoms with Gasteiger partial charge < -0.3 is 9.47 Å². The number of benzene rings is 2. The second-order valence-corrected chi connectivity index (χ2v) is 5.16. The molecule has 0 unspecified atom stereocenters. The van der Waals surface area contributed by atoms with Crippen LogP contribution in [0.25, 0.3) is 6.08 Å². The molecule has 0 bridgehead atoms. The van der Waals surface area contributed by atoms with Gasteiger partial charge in [-0.1, -0.05) is 18.2 Å². The molecule has 0 aliphatic carbocycles. The summed E-state index contributed by atoms with van der Waals surface area (Å²) in [6.45, 7) is -0.383. The van der Waals surface area contributed by atoms with Crippen molar-refractivity contribution >= 4 is 17.9 Å². The van der Waals surface area contributed by atoms with Gasteiger partial charge in [-0.2, -0.15) is 5.26 Å². The molecule has 8 heteroatoms. The maximum absolute atomic E-state index is 13.6. The van der Waals surface area contributed by atoms with E-state index in [9.17, 15) is 14.0 Å². The Morgan fingerprint density at radius 3 is 2.67 bits per heavy atom. The third kappa shape index (κ3) is 5.86. The van der Waals surface area contributed by atoms with Crippen molar-refractivity contribution < 1.29 is 23.5 Å². The van der Waals surface area contributed by atoms with Gasteiger partial charge in [0.25, 0.3) is 11.8 Å². The first-order valence-electron chi connectivity index (χ1n) is 7.76. The fraction of sp³-hybridized carbons (Fsp3) is 0.105. The molecular formula is C19H16FN3O4. The van der Waals surface area contributed by atoms with E-state index in [2.05, 4.69) is 10.9 Å². The predicted molar refractivity (Wildman–Crippen MR) is 94.9 cm³/mol. The van der Waals surface area contributed by atoms with Crippen LogP contribution in [0, 0.1) is 17.1 Å². The number of hydrazine groups is 1. The SMILES string of the molecule is COc1ccc(/C=C/C(=O)NNC(=O)COc2ccccc2C#N)cc1F. The minimum atomic E-state index is -0.614. The van der Waals surface area contributed by atoms with Gasteiger partial charge in [0, 0.05) is 6.08 Å². The normalized spacial score (nSPS) is 10.1. The summed E-state index contributed by atoms with van der Waals surface area (Å²) in [7, 11) is 1.35. The third-order valence-electron chi connectivity index (χ3n) is 3.29. The zero-order valence-electron chi connectivity index (χ0n) is 14.4. The molecule has 138 valence electrons. The number of ether oxygens (including phenoxy) is 2. The lowest BCUT2D eigenvalue weighted by molar-refractivity contribution is -0.128. The summed E-state index contributed by atoms with van der Waals surface area (Å²) in [5.74, 6) is -1.41. The van der Waals surface area contributed by atoms with Crippen LogP contribution in [0.3, 0.4) is 0 Å². The van der Waals surface area contributed by atoms with E-state index in [-0.39, 0.29) is 18.1 Å². The summed E-state index contributed by atoms with van der Waals surface area (Å²) in [6, 6.07) is 12.6. The molecule has 2 rings (SSSR count). The minimum Gasteiger partial charge on any atom is -0.494 e. The van der Waals surface area contributed by atoms with E-state index in [1.807, 2.05) is 6.07 Å². The average Bonchev–Trinajstić information content (AvgIpc) is 2.69. The number of nitriles is 1. The lowest BCUT2D eigenvalue weighted by Crippen LogP contribution is -2.43. The van der Waals surface area contributed by atoms with Crippen molar-refractivity contribution in [2.75, 3.05) is 13.7 Å². The van der Waals surface area contributed by atoms with E-state index in [0.29, 0.717) is 11.1 Å². The summed E-state index contributed by atoms with van der Waals surface area (Å²) in [5.41, 5.74) is 5.08. The molecule has 7 nitrogen and oxygen atoms in total. The standard InChI is InChI=1S/C19H16FN3O4/c1-26-17-8-6-13(10-15(17)20)7-9-18(24)22-23-19(25)12-27-16-5-3-2-4-14(16)11-21/h2-10H,12H2,1H3,(H,22,24)(H,23,25)/b9-7+. The van der Waals surface area contributed by atoms with Crippen molar-refractivity contribution in [2.24, 2.45) is 0 Å². The number of hydrogen-bond donors (Lipinski definition) is 2. The molecule has 0 heterocycles. The Hall–Kier alpha value is -3.86. The van der Waals surface area contributed by atoms with Crippen molar-refractivity contribution in [1.82, 2.24) is 10.9 Å². The first kappa shape index (κ1) is 19.5. The topological polar surface area (TPSA) is 100 Å². The van der Waals surface area contributed by atoms with Gasteiger partial charge in [0.15, 0.2) is 18.2 Å². The van der Waals surface area contributed by atoms with E-state index in [1.165, 1.54) is 25.3 Å². The Morgan fingerprint density at radius 2 is 1.96 bits per heavy atom. The highest BCUT2D eigenvalue weighted by atomic mass is 19.1. The highest BCUT2D eigenvalue weighted by Crippen LogP contribution is 2.18. The van der Waals surface area contributed by atoms with Crippen molar-refractivity contribution in [3.05, 3.63) is 65.5 Å². The summed E-state index contributed by atoms with van der Waals surface area (Å²) in [4.78, 5) is 23.4. The highest BCUT2D eigenvalue weighted by Gasteiger charge is 2.07. The van der Waals surface area contributed by atoms with Gasteiger partial charge in [-0.25, -0.2) is 4.39 Å². The summed E-state index contributed by atoms with van der Waals surface area (Å²) in [6.07, 6.45) is 2.51. The number of carbonyl (C=O) groups is 2. The molecule has 0 aliphatic rings. The van der Waals surface area contributed by atoms with Crippen molar-refractivity contribution in [3.8, 4) is 17.6 Å². The number of carbonyl (C=O) groups excluding carboxylic acids is 2. The van der Waals surface area contributed by atoms with E-state index in [1.54, 1.807) is 30.3 Å². The van der Waals surface area contributed by atoms with E-state index < -0.39 is 17.6 Å². The number of halogens is 1. The Balaban J connectivity index is 1.80. The van der Waals surface area contributed by atoms with Crippen molar-refractivity contribution in [1.29, 1.82) is 5.26 Å². The largest absolute Gasteiger partial charge is 0.494 e. The van der Waals surface area contributed by atoms with Gasteiger partial charge >= 0.3 is 0 Å². The van der Waals surface area contributed by atoms with Crippen LogP contribution in [0.2, 0.25) is 0 Å². The lowest BCUT2D eigenvalue weighted by Gasteiger charge is -2.08. The maximum atomic E-state index is 13.6. The molecule has 0 saturated heterocycles. The average molecular weight is 369 g/mol. The number of nitrogens with zero attached hydrogens (tertiary/aromatic N) is 1. The molecule has 2 N–H and O–H groups in total. The smallest absolute Gasteiger partial charge is 0.276 e. The first-order valence-corrected chi connectivity index (χ1v) is 7.76. The number of rotatable bonds is 6. The van der Waals surface area contributed by atoms with Crippen molar-refractivity contribution in [3.63, 3.8) is 0 Å². The van der Waals surface area contributed by atoms with E-state index in [0.717, 1.165) is 6.08 Å². The van der Waals surface area contributed by atoms with Crippen LogP contribution >= 0.6 is 0 Å². The van der Waals surface area contributed by atoms with Crippen LogP contribution in [0.4, 0.5) is 4.39 Å². The Bertz CT molecular complexity index is 906. The highest BCUT2D eigenvalue weighted by molar-refractivity contribution is 5.93. The van der Waals surface area contributed by atoms with Crippen LogP contribution in [-0.4, -0.2) is 25.5 Å². The zero-order valence-corrected chi connectivity index (χ0v) is 14.4. The van der Waals surface area contributed by atoms with Crippen LogP contribution in [0.15, 0.2) is 48.5 Å². The Kier molecular flexibility index (Phi) is 6.91. The van der Waals surface area contributed by atoms with Crippen LogP contribution in [0.1, 0.15) is 11.1 Å². The van der Waals surface area contributed by atoms with Gasteiger partial charge in [0.05, 0.1) is 12.7 Å². The molecule has 0 spiro atoms. The van der Waals surface area contributed by atoms with Crippen LogP contribution < -0.4 is 20.3 Å². The van der Waals surface area contributed by atoms with Crippen LogP contribution in [0.5, 0.6) is 11.5 Å². The Morgan fingerprint density at radius 1 is 1.19 bits per heavy atom. The fourth-order valence-corrected chi connectivity index (χ4v) is 2.00. The molecular weight excluding hydrogens is 353 g/mol. The molecule has 2 aromatic carbocycles. The molecule has 0 fully saturated rings. The van der Waals surface area contributed by atoms with Crippen LogP contribution in [-0.2, 0) is 9.59 Å². The minimum absolute atomic E-state index is 0.0989. The van der Waals surface area contributed by atoms with Crippen molar-refractivity contribution in [2.45, 2.75) is 0 Å². The molecule has 0 aromatic heterocycles. The first-order chi connectivity index (χ1) is 13.0. The van der Waals surface area contributed by atoms with Gasteiger partial charge in [0.2, 0.25) is 0 Å². The fourth-order valence-electron chi connectivity index (χ4n) is 2.00. The summed E-state index contributed by atoms with van der Waals surface area (Å²) < 4.78 is 23.6. The summed E-state index contributed by atoms with van der Waals surface area (Å²) in [5, 5.41) is 8.93. The van der Waals surface area contributed by atoms with Gasteiger partial charge in [-0.3, -0.25) is 20.4 Å². The summed E-state index contributed by atoms with van der Waals surface area (Å²) >= 11 is 0. The van der Waals surface area contributed by atoms with Gasteiger partial charge in [-0.05, 0) is 35.9 Å². The predicted octanol–water partition coefficient (Wildman–Crippen LogP) is 1.95. The molecule has 0 saturated carbocycles.